The fraction of sp³-hybridized carbons (Fsp3) is 0.231. The summed E-state index contributed by atoms with van der Waals surface area (Å²) in [6.45, 7) is 3.85. The van der Waals surface area contributed by atoms with Crippen molar-refractivity contribution in [2.75, 3.05) is 0 Å². The first kappa shape index (κ1) is 13.7. The number of rotatable bonds is 4. The molecule has 2 heterocycles. The van der Waals surface area contributed by atoms with Crippen LogP contribution in [0.25, 0.3) is 0 Å². The van der Waals surface area contributed by atoms with Gasteiger partial charge in [-0.3, -0.25) is 4.79 Å². The van der Waals surface area contributed by atoms with Crippen LogP contribution in [0.15, 0.2) is 22.9 Å². The maximum atomic E-state index is 11.9. The number of amides is 1. The third-order valence-electron chi connectivity index (χ3n) is 2.85. The van der Waals surface area contributed by atoms with E-state index in [1.54, 1.807) is 13.8 Å². The van der Waals surface area contributed by atoms with Gasteiger partial charge in [-0.05, 0) is 26.0 Å². The largest absolute Gasteiger partial charge is 0.477 e. The monoisotopic (exact) mass is 275 g/mol. The molecule has 0 saturated carbocycles. The number of aromatic nitrogens is 2. The Hall–Kier alpha value is -2.70. The fourth-order valence-corrected chi connectivity index (χ4v) is 1.68. The summed E-state index contributed by atoms with van der Waals surface area (Å²) in [6, 6.07) is 2.70. The average molecular weight is 275 g/mol. The van der Waals surface area contributed by atoms with Gasteiger partial charge in [0, 0.05) is 18.3 Å². The van der Waals surface area contributed by atoms with E-state index in [-0.39, 0.29) is 11.6 Å². The van der Waals surface area contributed by atoms with E-state index in [0.717, 1.165) is 11.3 Å². The van der Waals surface area contributed by atoms with Crippen LogP contribution in [0.2, 0.25) is 0 Å². The highest BCUT2D eigenvalue weighted by Gasteiger charge is 2.12. The molecule has 20 heavy (non-hydrogen) atoms. The summed E-state index contributed by atoms with van der Waals surface area (Å²) in [5, 5.41) is 15.2. The molecule has 1 amide bonds. The maximum Gasteiger partial charge on any atom is 0.354 e. The van der Waals surface area contributed by atoms with E-state index in [1.165, 1.54) is 18.3 Å². The highest BCUT2D eigenvalue weighted by atomic mass is 16.5. The average Bonchev–Trinajstić information content (AvgIpc) is 2.75. The van der Waals surface area contributed by atoms with Crippen LogP contribution in [0.3, 0.4) is 0 Å². The predicted molar refractivity (Wildman–Crippen MR) is 68.3 cm³/mol. The molecule has 0 atom stereocenters. The molecule has 0 bridgehead atoms. The molecule has 0 aliphatic heterocycles. The third kappa shape index (κ3) is 2.82. The van der Waals surface area contributed by atoms with Gasteiger partial charge in [-0.15, -0.1) is 0 Å². The molecular weight excluding hydrogens is 262 g/mol. The van der Waals surface area contributed by atoms with Crippen molar-refractivity contribution < 1.29 is 19.2 Å². The minimum Gasteiger partial charge on any atom is -0.477 e. The number of carboxylic acids is 1. The number of pyridine rings is 1. The van der Waals surface area contributed by atoms with Gasteiger partial charge in [-0.2, -0.15) is 0 Å². The number of nitrogens with one attached hydrogen (secondary N) is 1. The van der Waals surface area contributed by atoms with E-state index in [9.17, 15) is 9.59 Å². The summed E-state index contributed by atoms with van der Waals surface area (Å²) in [5.41, 5.74) is 1.74. The second-order valence-electron chi connectivity index (χ2n) is 4.22. The lowest BCUT2D eigenvalue weighted by Crippen LogP contribution is -2.23. The minimum atomic E-state index is -1.13. The Kier molecular flexibility index (Phi) is 3.79. The van der Waals surface area contributed by atoms with Crippen molar-refractivity contribution in [1.29, 1.82) is 0 Å². The van der Waals surface area contributed by atoms with Gasteiger partial charge < -0.3 is 14.9 Å². The molecular formula is C13H13N3O4. The van der Waals surface area contributed by atoms with Crippen LogP contribution < -0.4 is 5.32 Å². The van der Waals surface area contributed by atoms with Crippen molar-refractivity contribution in [3.63, 3.8) is 0 Å². The summed E-state index contributed by atoms with van der Waals surface area (Å²) in [6.07, 6.45) is 1.23. The summed E-state index contributed by atoms with van der Waals surface area (Å²) in [4.78, 5) is 26.2. The number of aryl methyl sites for hydroxylation is 2. The first-order chi connectivity index (χ1) is 9.49. The minimum absolute atomic E-state index is 0.104. The number of hydrogen-bond acceptors (Lipinski definition) is 5. The van der Waals surface area contributed by atoms with Crippen molar-refractivity contribution in [2.24, 2.45) is 0 Å². The van der Waals surface area contributed by atoms with Crippen molar-refractivity contribution in [3.8, 4) is 0 Å². The lowest BCUT2D eigenvalue weighted by Gasteiger charge is -2.04. The van der Waals surface area contributed by atoms with Crippen LogP contribution in [0.5, 0.6) is 0 Å². The van der Waals surface area contributed by atoms with E-state index in [0.29, 0.717) is 17.9 Å². The van der Waals surface area contributed by atoms with E-state index >= 15 is 0 Å². The fourth-order valence-electron chi connectivity index (χ4n) is 1.68. The van der Waals surface area contributed by atoms with Crippen LogP contribution in [0, 0.1) is 13.8 Å². The smallest absolute Gasteiger partial charge is 0.354 e. The molecule has 0 aliphatic carbocycles. The third-order valence-corrected chi connectivity index (χ3v) is 2.85. The SMILES string of the molecule is Cc1noc(C)c1CNC(=O)c1ccc(C(=O)O)nc1. The standard InChI is InChI=1S/C13H13N3O4/c1-7-10(8(2)20-16-7)6-15-12(17)9-3-4-11(13(18)19)14-5-9/h3-5H,6H2,1-2H3,(H,15,17)(H,18,19). The van der Waals surface area contributed by atoms with Gasteiger partial charge >= 0.3 is 5.97 Å². The summed E-state index contributed by atoms with van der Waals surface area (Å²) in [7, 11) is 0. The van der Waals surface area contributed by atoms with Crippen molar-refractivity contribution >= 4 is 11.9 Å². The zero-order chi connectivity index (χ0) is 14.7. The molecule has 2 rings (SSSR count). The highest BCUT2D eigenvalue weighted by molar-refractivity contribution is 5.94. The van der Waals surface area contributed by atoms with Gasteiger partial charge in [0.15, 0.2) is 0 Å². The Morgan fingerprint density at radius 1 is 1.35 bits per heavy atom. The lowest BCUT2D eigenvalue weighted by molar-refractivity contribution is 0.0689. The molecule has 0 fully saturated rings. The Balaban J connectivity index is 2.03. The van der Waals surface area contributed by atoms with Gasteiger partial charge in [0.2, 0.25) is 0 Å². The van der Waals surface area contributed by atoms with Crippen LogP contribution in [-0.4, -0.2) is 27.1 Å². The topological polar surface area (TPSA) is 105 Å². The molecule has 104 valence electrons. The van der Waals surface area contributed by atoms with Crippen molar-refractivity contribution in [1.82, 2.24) is 15.5 Å². The van der Waals surface area contributed by atoms with Crippen LogP contribution >= 0.6 is 0 Å². The zero-order valence-electron chi connectivity index (χ0n) is 11.0. The van der Waals surface area contributed by atoms with Gasteiger partial charge in [-0.1, -0.05) is 5.16 Å². The number of carbonyl (C=O) groups is 2. The number of carboxylic acid groups (broad SMARTS) is 1. The van der Waals surface area contributed by atoms with Gasteiger partial charge in [0.1, 0.15) is 11.5 Å². The first-order valence-corrected chi connectivity index (χ1v) is 5.88. The molecule has 0 saturated heterocycles. The second kappa shape index (κ2) is 5.52. The van der Waals surface area contributed by atoms with E-state index in [2.05, 4.69) is 15.5 Å². The van der Waals surface area contributed by atoms with Gasteiger partial charge in [0.25, 0.3) is 5.91 Å². The Morgan fingerprint density at radius 3 is 2.60 bits per heavy atom. The van der Waals surface area contributed by atoms with Crippen molar-refractivity contribution in [2.45, 2.75) is 20.4 Å². The molecule has 7 heteroatoms. The summed E-state index contributed by atoms with van der Waals surface area (Å²) >= 11 is 0. The number of hydrogen-bond donors (Lipinski definition) is 2. The number of aromatic carboxylic acids is 1. The molecule has 0 aromatic carbocycles. The predicted octanol–water partition coefficient (Wildman–Crippen LogP) is 1.31. The quantitative estimate of drug-likeness (QED) is 0.871. The molecule has 0 spiro atoms. The number of carbonyl (C=O) groups excluding carboxylic acids is 1. The van der Waals surface area contributed by atoms with Gasteiger partial charge in [-0.25, -0.2) is 9.78 Å². The summed E-state index contributed by atoms with van der Waals surface area (Å²) in [5.74, 6) is -0.815. The second-order valence-corrected chi connectivity index (χ2v) is 4.22. The zero-order valence-corrected chi connectivity index (χ0v) is 11.0. The van der Waals surface area contributed by atoms with Crippen LogP contribution in [0.1, 0.15) is 37.9 Å². The first-order valence-electron chi connectivity index (χ1n) is 5.88. The molecule has 0 unspecified atom stereocenters. The molecule has 7 nitrogen and oxygen atoms in total. The van der Waals surface area contributed by atoms with Gasteiger partial charge in [0.05, 0.1) is 11.3 Å². The maximum absolute atomic E-state index is 11.9. The van der Waals surface area contributed by atoms with Crippen LogP contribution in [-0.2, 0) is 6.54 Å². The Morgan fingerprint density at radius 2 is 2.10 bits per heavy atom. The number of nitrogens with zero attached hydrogens (tertiary/aromatic N) is 2. The molecule has 2 N–H and O–H groups in total. The highest BCUT2D eigenvalue weighted by Crippen LogP contribution is 2.11. The van der Waals surface area contributed by atoms with Crippen molar-refractivity contribution in [3.05, 3.63) is 46.6 Å². The molecule has 2 aromatic rings. The molecule has 0 aliphatic rings. The van der Waals surface area contributed by atoms with E-state index < -0.39 is 5.97 Å². The normalized spacial score (nSPS) is 10.3. The van der Waals surface area contributed by atoms with E-state index in [4.69, 9.17) is 9.63 Å². The molecule has 2 aromatic heterocycles. The Labute approximate surface area is 114 Å². The van der Waals surface area contributed by atoms with Crippen LogP contribution in [0.4, 0.5) is 0 Å². The molecule has 0 radical (unpaired) electrons. The lowest BCUT2D eigenvalue weighted by atomic mass is 10.2. The Bertz CT molecular complexity index is 627. The summed E-state index contributed by atoms with van der Waals surface area (Å²) < 4.78 is 5.00. The van der Waals surface area contributed by atoms with E-state index in [1.807, 2.05) is 0 Å².